The van der Waals surface area contributed by atoms with Crippen molar-refractivity contribution < 1.29 is 4.74 Å². The summed E-state index contributed by atoms with van der Waals surface area (Å²) in [6.45, 7) is 5.39. The van der Waals surface area contributed by atoms with Gasteiger partial charge in [-0.2, -0.15) is 0 Å². The molecule has 12 heavy (non-hydrogen) atoms. The van der Waals surface area contributed by atoms with E-state index in [0.717, 1.165) is 6.61 Å². The lowest BCUT2D eigenvalue weighted by atomic mass is 9.74. The van der Waals surface area contributed by atoms with Crippen LogP contribution in [0.3, 0.4) is 0 Å². The molecule has 0 unspecified atom stereocenters. The smallest absolute Gasteiger partial charge is 0.109 e. The summed E-state index contributed by atoms with van der Waals surface area (Å²) >= 11 is 0. The molecule has 2 rings (SSSR count). The lowest BCUT2D eigenvalue weighted by Crippen LogP contribution is -2.21. The Morgan fingerprint density at radius 1 is 1.42 bits per heavy atom. The molecule has 0 N–H and O–H groups in total. The molecule has 1 radical (unpaired) electrons. The number of rotatable bonds is 0. The van der Waals surface area contributed by atoms with Crippen LogP contribution in [-0.2, 0) is 4.74 Å². The largest absolute Gasteiger partial charge is 0.497 e. The van der Waals surface area contributed by atoms with Crippen molar-refractivity contribution >= 4 is 0 Å². The van der Waals surface area contributed by atoms with Crippen LogP contribution >= 0.6 is 0 Å². The summed E-state index contributed by atoms with van der Waals surface area (Å²) in [7, 11) is 0. The summed E-state index contributed by atoms with van der Waals surface area (Å²) in [6.07, 6.45) is 8.70. The van der Waals surface area contributed by atoms with Crippen LogP contribution in [0.25, 0.3) is 0 Å². The second-order valence-electron chi connectivity index (χ2n) is 4.31. The third kappa shape index (κ3) is 1.40. The zero-order valence-corrected chi connectivity index (χ0v) is 7.76. The van der Waals surface area contributed by atoms with Crippen LogP contribution in [0.4, 0.5) is 0 Å². The maximum Gasteiger partial charge on any atom is 0.109 e. The van der Waals surface area contributed by atoms with Crippen LogP contribution in [0, 0.1) is 11.8 Å². The zero-order chi connectivity index (χ0) is 8.60. The maximum absolute atomic E-state index is 5.25. The van der Waals surface area contributed by atoms with Gasteiger partial charge in [0.25, 0.3) is 0 Å². The highest BCUT2D eigenvalue weighted by molar-refractivity contribution is 5.38. The van der Waals surface area contributed by atoms with Crippen molar-refractivity contribution in [2.45, 2.75) is 26.7 Å². The first-order valence-electron chi connectivity index (χ1n) is 4.53. The van der Waals surface area contributed by atoms with E-state index in [1.54, 1.807) is 6.26 Å². The van der Waals surface area contributed by atoms with Crippen LogP contribution in [0.15, 0.2) is 23.5 Å². The van der Waals surface area contributed by atoms with Crippen LogP contribution in [0.1, 0.15) is 26.7 Å². The third-order valence-corrected chi connectivity index (χ3v) is 2.63. The highest BCUT2D eigenvalue weighted by Gasteiger charge is 2.27. The summed E-state index contributed by atoms with van der Waals surface area (Å²) in [5, 5.41) is 0. The third-order valence-electron chi connectivity index (χ3n) is 2.63. The van der Waals surface area contributed by atoms with Crippen molar-refractivity contribution in [3.05, 3.63) is 29.9 Å². The number of hydrogen-bond acceptors (Lipinski definition) is 1. The predicted octanol–water partition coefficient (Wildman–Crippen LogP) is 2.85. The standard InChI is InChI=1S/C11H15O/c1-11(2)5-3-10-8-12-6-4-9(10)7-11/h4,6-7H,3,5,8H2,1-2H3. The highest BCUT2D eigenvalue weighted by Crippen LogP contribution is 2.39. The Morgan fingerprint density at radius 3 is 3.08 bits per heavy atom. The van der Waals surface area contributed by atoms with Gasteiger partial charge in [-0.15, -0.1) is 0 Å². The Balaban J connectivity index is 2.22. The molecular formula is C11H15O. The van der Waals surface area contributed by atoms with Crippen molar-refractivity contribution in [2.24, 2.45) is 5.41 Å². The average molecular weight is 163 g/mol. The van der Waals surface area contributed by atoms with Gasteiger partial charge >= 0.3 is 0 Å². The Hall–Kier alpha value is -0.720. The molecule has 0 saturated carbocycles. The van der Waals surface area contributed by atoms with E-state index < -0.39 is 0 Å². The van der Waals surface area contributed by atoms with Gasteiger partial charge < -0.3 is 4.74 Å². The molecule has 0 fully saturated rings. The Bertz CT molecular complexity index is 246. The lowest BCUT2D eigenvalue weighted by molar-refractivity contribution is 0.258. The van der Waals surface area contributed by atoms with Crippen molar-refractivity contribution in [3.63, 3.8) is 0 Å². The zero-order valence-electron chi connectivity index (χ0n) is 7.76. The molecule has 0 aromatic rings. The first kappa shape index (κ1) is 7.90. The van der Waals surface area contributed by atoms with Gasteiger partial charge in [-0.05, 0) is 41.9 Å². The minimum atomic E-state index is 0.376. The topological polar surface area (TPSA) is 9.23 Å². The van der Waals surface area contributed by atoms with Crippen LogP contribution < -0.4 is 0 Å². The molecule has 1 aliphatic heterocycles. The molecule has 0 amide bonds. The van der Waals surface area contributed by atoms with E-state index in [4.69, 9.17) is 4.74 Å². The normalized spacial score (nSPS) is 26.5. The molecule has 0 aromatic heterocycles. The molecule has 0 bridgehead atoms. The molecule has 1 aliphatic carbocycles. The molecule has 1 heteroatoms. The van der Waals surface area contributed by atoms with E-state index in [1.807, 2.05) is 0 Å². The number of allylic oxidation sites excluding steroid dienone is 2. The molecule has 1 nitrogen and oxygen atoms in total. The number of hydrogen-bond donors (Lipinski definition) is 0. The second-order valence-corrected chi connectivity index (χ2v) is 4.31. The van der Waals surface area contributed by atoms with Gasteiger partial charge in [-0.3, -0.25) is 0 Å². The Morgan fingerprint density at radius 2 is 2.25 bits per heavy atom. The van der Waals surface area contributed by atoms with Crippen LogP contribution in [-0.4, -0.2) is 6.61 Å². The maximum atomic E-state index is 5.25. The molecule has 0 aromatic carbocycles. The molecule has 0 spiro atoms. The van der Waals surface area contributed by atoms with E-state index in [9.17, 15) is 0 Å². The van der Waals surface area contributed by atoms with Gasteiger partial charge in [0.05, 0.1) is 6.26 Å². The molecule has 1 heterocycles. The van der Waals surface area contributed by atoms with Gasteiger partial charge in [0, 0.05) is 0 Å². The minimum Gasteiger partial charge on any atom is -0.497 e. The monoisotopic (exact) mass is 163 g/mol. The van der Waals surface area contributed by atoms with Gasteiger partial charge in [-0.1, -0.05) is 13.8 Å². The fourth-order valence-corrected chi connectivity index (χ4v) is 1.80. The van der Waals surface area contributed by atoms with Gasteiger partial charge in [0.1, 0.15) is 6.61 Å². The summed E-state index contributed by atoms with van der Waals surface area (Å²) in [6, 6.07) is 0. The van der Waals surface area contributed by atoms with Crippen molar-refractivity contribution in [2.75, 3.05) is 6.61 Å². The summed E-state index contributed by atoms with van der Waals surface area (Å²) < 4.78 is 5.25. The molecule has 65 valence electrons. The van der Waals surface area contributed by atoms with Gasteiger partial charge in [0.2, 0.25) is 0 Å². The Kier molecular flexibility index (Phi) is 1.75. The van der Waals surface area contributed by atoms with E-state index in [-0.39, 0.29) is 0 Å². The van der Waals surface area contributed by atoms with E-state index >= 15 is 0 Å². The fraction of sp³-hybridized carbons (Fsp3) is 0.545. The fourth-order valence-electron chi connectivity index (χ4n) is 1.80. The summed E-state index contributed by atoms with van der Waals surface area (Å²) in [5.41, 5.74) is 3.25. The van der Waals surface area contributed by atoms with Crippen molar-refractivity contribution in [1.82, 2.24) is 0 Å². The molecular weight excluding hydrogens is 148 g/mol. The SMILES string of the molecule is CC1(C)[CH]C2=C(CC1)COC=C2. The van der Waals surface area contributed by atoms with Crippen LogP contribution in [0.5, 0.6) is 0 Å². The first-order valence-corrected chi connectivity index (χ1v) is 4.53. The minimum absolute atomic E-state index is 0.376. The van der Waals surface area contributed by atoms with Gasteiger partial charge in [0.15, 0.2) is 0 Å². The first-order chi connectivity index (χ1) is 5.67. The van der Waals surface area contributed by atoms with E-state index in [1.165, 1.54) is 24.0 Å². The molecule has 0 atom stereocenters. The lowest BCUT2D eigenvalue weighted by Gasteiger charge is -2.32. The van der Waals surface area contributed by atoms with Gasteiger partial charge in [-0.25, -0.2) is 0 Å². The van der Waals surface area contributed by atoms with E-state index in [2.05, 4.69) is 26.3 Å². The van der Waals surface area contributed by atoms with Crippen molar-refractivity contribution in [3.8, 4) is 0 Å². The molecule has 2 aliphatic rings. The summed E-state index contributed by atoms with van der Waals surface area (Å²) in [4.78, 5) is 0. The molecule has 0 saturated heterocycles. The van der Waals surface area contributed by atoms with E-state index in [0.29, 0.717) is 5.41 Å². The van der Waals surface area contributed by atoms with Crippen molar-refractivity contribution in [1.29, 1.82) is 0 Å². The average Bonchev–Trinajstić information content (AvgIpc) is 2.02. The Labute approximate surface area is 74.1 Å². The predicted molar refractivity (Wildman–Crippen MR) is 49.4 cm³/mol. The number of ether oxygens (including phenoxy) is 1. The van der Waals surface area contributed by atoms with Crippen LogP contribution in [0.2, 0.25) is 0 Å². The second kappa shape index (κ2) is 2.65. The highest BCUT2D eigenvalue weighted by atomic mass is 16.5. The quantitative estimate of drug-likeness (QED) is 0.533. The summed E-state index contributed by atoms with van der Waals surface area (Å²) in [5.74, 6) is 0.